The van der Waals surface area contributed by atoms with E-state index in [0.717, 1.165) is 22.3 Å². The highest BCUT2D eigenvalue weighted by atomic mass is 17.1. The van der Waals surface area contributed by atoms with Gasteiger partial charge in [-0.25, -0.2) is 19.6 Å². The largest absolute Gasteiger partial charge is 0.546 e. The maximum absolute atomic E-state index is 11.9. The number of carbonyl (C=O) groups excluding carboxylic acids is 2. The van der Waals surface area contributed by atoms with Crippen molar-refractivity contribution in [3.05, 3.63) is 88.9 Å². The number of benzene rings is 1. The Morgan fingerprint density at radius 2 is 1.55 bits per heavy atom. The first-order valence-corrected chi connectivity index (χ1v) is 13.4. The Hall–Kier alpha value is -4.93. The van der Waals surface area contributed by atoms with Crippen molar-refractivity contribution >= 4 is 18.1 Å². The molecule has 0 bridgehead atoms. The van der Waals surface area contributed by atoms with Crippen LogP contribution in [0, 0.1) is 0 Å². The molecule has 1 aliphatic heterocycles. The average molecular weight is 573 g/mol. The van der Waals surface area contributed by atoms with E-state index in [1.54, 1.807) is 12.4 Å². The maximum Gasteiger partial charge on any atom is 0.546 e. The van der Waals surface area contributed by atoms with Crippen LogP contribution in [-0.4, -0.2) is 27.4 Å². The number of nitrogens with zero attached hydrogens (tertiary/aromatic N) is 4. The summed E-state index contributed by atoms with van der Waals surface area (Å²) in [6.45, 7) is 12.8. The fraction of sp³-hybridized carbons (Fsp3) is 0.323. The Labute approximate surface area is 243 Å². The molecule has 1 saturated heterocycles. The van der Waals surface area contributed by atoms with E-state index < -0.39 is 17.7 Å². The van der Waals surface area contributed by atoms with Crippen LogP contribution < -0.4 is 9.96 Å². The molecule has 5 rings (SSSR count). The van der Waals surface area contributed by atoms with Crippen molar-refractivity contribution in [2.45, 2.75) is 65.4 Å². The Kier molecular flexibility index (Phi) is 7.59. The van der Waals surface area contributed by atoms with E-state index in [2.05, 4.69) is 61.4 Å². The lowest BCUT2D eigenvalue weighted by molar-refractivity contribution is -0.0924. The van der Waals surface area contributed by atoms with Gasteiger partial charge in [-0.2, -0.15) is 0 Å². The summed E-state index contributed by atoms with van der Waals surface area (Å²) >= 11 is 0. The zero-order chi connectivity index (χ0) is 30.1. The highest BCUT2D eigenvalue weighted by molar-refractivity contribution is 5.83. The molecule has 3 aromatic heterocycles. The molecule has 11 nitrogen and oxygen atoms in total. The molecule has 0 unspecified atom stereocenters. The molecule has 0 N–H and O–H groups in total. The molecule has 1 aliphatic rings. The van der Waals surface area contributed by atoms with Crippen molar-refractivity contribution in [2.75, 3.05) is 5.23 Å². The molecule has 0 aliphatic carbocycles. The van der Waals surface area contributed by atoms with Crippen LogP contribution in [0.15, 0.2) is 65.4 Å². The molecular weight excluding hydrogens is 540 g/mol. The number of carbonyl (C=O) groups is 2. The number of hydrogen-bond acceptors (Lipinski definition) is 11. The van der Waals surface area contributed by atoms with Crippen LogP contribution in [-0.2, 0) is 38.3 Å². The fourth-order valence-electron chi connectivity index (χ4n) is 4.63. The van der Waals surface area contributed by atoms with E-state index in [9.17, 15) is 9.59 Å². The quantitative estimate of drug-likeness (QED) is 0.171. The SMILES string of the molecule is CC(C)(C)c1cnc(N2OC(=O)OC(=O)O2)c(-c2cc(Cc3ccc(COc4ccccn4)cc3)no2)c1C(C)(C)C. The van der Waals surface area contributed by atoms with Gasteiger partial charge in [-0.3, -0.25) is 9.68 Å². The second-order valence-electron chi connectivity index (χ2n) is 11.9. The molecule has 4 aromatic rings. The zero-order valence-electron chi connectivity index (χ0n) is 24.3. The number of anilines is 1. The third-order valence-electron chi connectivity index (χ3n) is 6.51. The van der Waals surface area contributed by atoms with E-state index in [4.69, 9.17) is 18.9 Å². The molecule has 11 heteroatoms. The smallest absolute Gasteiger partial charge is 0.473 e. The summed E-state index contributed by atoms with van der Waals surface area (Å²) in [4.78, 5) is 42.6. The van der Waals surface area contributed by atoms with Crippen LogP contribution in [0.2, 0.25) is 0 Å². The van der Waals surface area contributed by atoms with Crippen molar-refractivity contribution in [3.63, 3.8) is 0 Å². The summed E-state index contributed by atoms with van der Waals surface area (Å²) in [5.74, 6) is 0.998. The summed E-state index contributed by atoms with van der Waals surface area (Å²) < 4.78 is 15.9. The molecule has 0 spiro atoms. The minimum Gasteiger partial charge on any atom is -0.473 e. The van der Waals surface area contributed by atoms with Gasteiger partial charge in [-0.05, 0) is 39.2 Å². The van der Waals surface area contributed by atoms with Gasteiger partial charge in [-0.15, -0.1) is 0 Å². The molecule has 0 saturated carbocycles. The predicted molar refractivity (Wildman–Crippen MR) is 151 cm³/mol. The average Bonchev–Trinajstić information content (AvgIpc) is 3.39. The standard InChI is InChI=1S/C31H32N4O7/c1-30(2,3)22-17-33-27(35-41-28(36)39-29(37)42-35)25(26(22)31(4,5)6)23-16-21(34-40-23)15-19-10-12-20(13-11-19)18-38-24-9-7-8-14-32-24/h7-14,16-17H,15,18H2,1-6H3. The topological polar surface area (TPSA) is 126 Å². The number of rotatable bonds is 7. The molecule has 0 atom stereocenters. The van der Waals surface area contributed by atoms with Crippen LogP contribution in [0.1, 0.15) is 69.5 Å². The number of aromatic nitrogens is 3. The number of ether oxygens (including phenoxy) is 2. The first-order chi connectivity index (χ1) is 19.9. The van der Waals surface area contributed by atoms with Crippen molar-refractivity contribution in [1.29, 1.82) is 0 Å². The van der Waals surface area contributed by atoms with Gasteiger partial charge in [0.2, 0.25) is 11.7 Å². The van der Waals surface area contributed by atoms with E-state index >= 15 is 0 Å². The number of hydrogen-bond donors (Lipinski definition) is 0. The monoisotopic (exact) mass is 572 g/mol. The molecule has 1 fully saturated rings. The second-order valence-corrected chi connectivity index (χ2v) is 11.9. The predicted octanol–water partition coefficient (Wildman–Crippen LogP) is 6.84. The van der Waals surface area contributed by atoms with Gasteiger partial charge in [0.05, 0.1) is 11.3 Å². The lowest BCUT2D eigenvalue weighted by atomic mass is 9.73. The van der Waals surface area contributed by atoms with E-state index in [0.29, 0.717) is 41.2 Å². The van der Waals surface area contributed by atoms with Crippen molar-refractivity contribution in [2.24, 2.45) is 0 Å². The molecule has 1 aromatic carbocycles. The summed E-state index contributed by atoms with van der Waals surface area (Å²) in [5.41, 5.74) is 4.28. The van der Waals surface area contributed by atoms with Gasteiger partial charge in [-0.1, -0.05) is 77.0 Å². The first kappa shape index (κ1) is 28.6. The Bertz CT molecular complexity index is 1570. The van der Waals surface area contributed by atoms with Crippen molar-refractivity contribution < 1.29 is 33.3 Å². The van der Waals surface area contributed by atoms with Crippen LogP contribution in [0.4, 0.5) is 15.4 Å². The van der Waals surface area contributed by atoms with E-state index in [-0.39, 0.29) is 11.2 Å². The van der Waals surface area contributed by atoms with Gasteiger partial charge >= 0.3 is 12.3 Å². The lowest BCUT2D eigenvalue weighted by Gasteiger charge is -2.33. The highest BCUT2D eigenvalue weighted by Crippen LogP contribution is 2.45. The molecule has 0 amide bonds. The zero-order valence-corrected chi connectivity index (χ0v) is 24.3. The normalized spacial score (nSPS) is 13.8. The van der Waals surface area contributed by atoms with Crippen molar-refractivity contribution in [3.8, 4) is 17.2 Å². The van der Waals surface area contributed by atoms with Gasteiger partial charge in [0, 0.05) is 36.2 Å². The molecular formula is C31H32N4O7. The summed E-state index contributed by atoms with van der Waals surface area (Å²) in [6.07, 6.45) is 1.41. The minimum atomic E-state index is -1.23. The van der Waals surface area contributed by atoms with Gasteiger partial charge in [0.1, 0.15) is 6.61 Å². The molecule has 42 heavy (non-hydrogen) atoms. The highest BCUT2D eigenvalue weighted by Gasteiger charge is 2.38. The number of pyridine rings is 2. The van der Waals surface area contributed by atoms with Crippen LogP contribution in [0.25, 0.3) is 11.3 Å². The van der Waals surface area contributed by atoms with Gasteiger partial charge in [0.15, 0.2) is 5.76 Å². The van der Waals surface area contributed by atoms with E-state index in [1.807, 2.05) is 48.5 Å². The van der Waals surface area contributed by atoms with Gasteiger partial charge < -0.3 is 14.0 Å². The van der Waals surface area contributed by atoms with Crippen LogP contribution in [0.5, 0.6) is 5.88 Å². The third-order valence-corrected chi connectivity index (χ3v) is 6.51. The van der Waals surface area contributed by atoms with Crippen LogP contribution >= 0.6 is 0 Å². The first-order valence-electron chi connectivity index (χ1n) is 13.4. The minimum absolute atomic E-state index is 0.0536. The maximum atomic E-state index is 11.9. The summed E-state index contributed by atoms with van der Waals surface area (Å²) in [6, 6.07) is 15.3. The Balaban J connectivity index is 1.47. The van der Waals surface area contributed by atoms with Crippen molar-refractivity contribution in [1.82, 2.24) is 15.1 Å². The molecule has 218 valence electrons. The summed E-state index contributed by atoms with van der Waals surface area (Å²) in [7, 11) is 0. The number of cyclic esters (lactones) is 2. The Morgan fingerprint density at radius 1 is 0.857 bits per heavy atom. The second kappa shape index (κ2) is 11.2. The van der Waals surface area contributed by atoms with E-state index in [1.165, 1.54) is 0 Å². The lowest BCUT2D eigenvalue weighted by Crippen LogP contribution is -2.39. The van der Waals surface area contributed by atoms with Crippen LogP contribution in [0.3, 0.4) is 0 Å². The summed E-state index contributed by atoms with van der Waals surface area (Å²) in [5, 5.41) is 4.97. The Morgan fingerprint density at radius 3 is 2.17 bits per heavy atom. The molecule has 0 radical (unpaired) electrons. The van der Waals surface area contributed by atoms with Gasteiger partial charge in [0.25, 0.3) is 0 Å². The third kappa shape index (κ3) is 6.35. The fourth-order valence-corrected chi connectivity index (χ4v) is 4.63. The molecule has 4 heterocycles.